The maximum absolute atomic E-state index is 5.80. The Morgan fingerprint density at radius 1 is 1.19 bits per heavy atom. The van der Waals surface area contributed by atoms with Crippen LogP contribution in [0, 0.1) is 0 Å². The van der Waals surface area contributed by atoms with Crippen LogP contribution < -0.4 is 14.8 Å². The van der Waals surface area contributed by atoms with Gasteiger partial charge in [-0.25, -0.2) is 0 Å². The summed E-state index contributed by atoms with van der Waals surface area (Å²) in [5.41, 5.74) is 0.724. The van der Waals surface area contributed by atoms with Gasteiger partial charge >= 0.3 is 0 Å². The van der Waals surface area contributed by atoms with Crippen LogP contribution in [0.1, 0.15) is 32.2 Å². The van der Waals surface area contributed by atoms with Crippen LogP contribution in [0.5, 0.6) is 11.5 Å². The van der Waals surface area contributed by atoms with Crippen LogP contribution in [0.3, 0.4) is 0 Å². The Labute approximate surface area is 124 Å². The van der Waals surface area contributed by atoms with Crippen molar-refractivity contribution >= 4 is 0 Å². The second-order valence-corrected chi connectivity index (χ2v) is 4.53. The number of methoxy groups -OCH3 is 2. The molecule has 1 N–H and O–H groups in total. The summed E-state index contributed by atoms with van der Waals surface area (Å²) in [5.74, 6) is 2.39. The van der Waals surface area contributed by atoms with Gasteiger partial charge in [-0.15, -0.1) is 10.2 Å². The van der Waals surface area contributed by atoms with Crippen LogP contribution in [-0.2, 0) is 0 Å². The average molecular weight is 291 g/mol. The zero-order valence-corrected chi connectivity index (χ0v) is 12.8. The van der Waals surface area contributed by atoms with Crippen molar-refractivity contribution in [2.75, 3.05) is 20.8 Å². The van der Waals surface area contributed by atoms with E-state index in [2.05, 4.69) is 22.4 Å². The predicted octanol–water partition coefficient (Wildman–Crippen LogP) is 2.81. The number of benzene rings is 1. The number of nitrogens with one attached hydrogen (secondary N) is 1. The van der Waals surface area contributed by atoms with E-state index in [-0.39, 0.29) is 6.04 Å². The van der Waals surface area contributed by atoms with E-state index in [4.69, 9.17) is 13.9 Å². The lowest BCUT2D eigenvalue weighted by Gasteiger charge is -2.10. The summed E-state index contributed by atoms with van der Waals surface area (Å²) in [5, 5.41) is 11.6. The lowest BCUT2D eigenvalue weighted by atomic mass is 10.2. The summed E-state index contributed by atoms with van der Waals surface area (Å²) in [7, 11) is 3.22. The molecule has 0 aliphatic carbocycles. The molecule has 0 spiro atoms. The van der Waals surface area contributed by atoms with Crippen LogP contribution in [0.25, 0.3) is 11.5 Å². The van der Waals surface area contributed by atoms with Crippen molar-refractivity contribution in [3.63, 3.8) is 0 Å². The lowest BCUT2D eigenvalue weighted by Crippen LogP contribution is -2.20. The lowest BCUT2D eigenvalue weighted by molar-refractivity contribution is 0.392. The molecule has 6 heteroatoms. The molecule has 0 bridgehead atoms. The van der Waals surface area contributed by atoms with Crippen molar-refractivity contribution in [3.8, 4) is 23.0 Å². The first-order valence-electron chi connectivity index (χ1n) is 7.02. The third-order valence-corrected chi connectivity index (χ3v) is 3.23. The SMILES string of the molecule is CCNC(CC)c1nnc(-c2cc(OC)ccc2OC)o1. The molecule has 0 saturated heterocycles. The molecular formula is C15H21N3O3. The number of hydrogen-bond acceptors (Lipinski definition) is 6. The maximum atomic E-state index is 5.80. The summed E-state index contributed by atoms with van der Waals surface area (Å²) in [6.45, 7) is 4.97. The second kappa shape index (κ2) is 7.08. The molecular weight excluding hydrogens is 270 g/mol. The zero-order chi connectivity index (χ0) is 15.2. The Balaban J connectivity index is 2.36. The van der Waals surface area contributed by atoms with Gasteiger partial charge in [0.1, 0.15) is 11.5 Å². The first kappa shape index (κ1) is 15.3. The fourth-order valence-electron chi connectivity index (χ4n) is 2.12. The highest BCUT2D eigenvalue weighted by atomic mass is 16.5. The largest absolute Gasteiger partial charge is 0.497 e. The molecule has 1 aromatic heterocycles. The summed E-state index contributed by atoms with van der Waals surface area (Å²) >= 11 is 0. The van der Waals surface area contributed by atoms with E-state index >= 15 is 0 Å². The topological polar surface area (TPSA) is 69.4 Å². The highest BCUT2D eigenvalue weighted by Crippen LogP contribution is 2.33. The van der Waals surface area contributed by atoms with Crippen molar-refractivity contribution in [1.29, 1.82) is 0 Å². The van der Waals surface area contributed by atoms with Crippen LogP contribution in [0.15, 0.2) is 22.6 Å². The first-order valence-corrected chi connectivity index (χ1v) is 7.02. The van der Waals surface area contributed by atoms with Gasteiger partial charge in [-0.05, 0) is 31.2 Å². The fourth-order valence-corrected chi connectivity index (χ4v) is 2.12. The quantitative estimate of drug-likeness (QED) is 0.846. The van der Waals surface area contributed by atoms with Crippen molar-refractivity contribution in [1.82, 2.24) is 15.5 Å². The van der Waals surface area contributed by atoms with E-state index < -0.39 is 0 Å². The standard InChI is InChI=1S/C15H21N3O3/c1-5-12(16-6-2)15-18-17-14(21-15)11-9-10(19-3)7-8-13(11)20-4/h7-9,12,16H,5-6H2,1-4H3. The molecule has 6 nitrogen and oxygen atoms in total. The van der Waals surface area contributed by atoms with E-state index in [0.717, 1.165) is 18.5 Å². The molecule has 1 unspecified atom stereocenters. The van der Waals surface area contributed by atoms with Gasteiger partial charge in [-0.2, -0.15) is 0 Å². The third kappa shape index (κ3) is 3.33. The van der Waals surface area contributed by atoms with Crippen LogP contribution >= 0.6 is 0 Å². The van der Waals surface area contributed by atoms with E-state index in [0.29, 0.717) is 23.3 Å². The van der Waals surface area contributed by atoms with Gasteiger partial charge in [0.15, 0.2) is 0 Å². The van der Waals surface area contributed by atoms with E-state index in [1.165, 1.54) is 0 Å². The number of ether oxygens (including phenoxy) is 2. The minimum atomic E-state index is 0.0628. The number of hydrogen-bond donors (Lipinski definition) is 1. The van der Waals surface area contributed by atoms with Crippen molar-refractivity contribution in [3.05, 3.63) is 24.1 Å². The van der Waals surface area contributed by atoms with Gasteiger partial charge in [0, 0.05) is 0 Å². The molecule has 0 aliphatic rings. The Hall–Kier alpha value is -2.08. The molecule has 1 heterocycles. The van der Waals surface area contributed by atoms with Crippen molar-refractivity contribution < 1.29 is 13.9 Å². The van der Waals surface area contributed by atoms with E-state index in [1.54, 1.807) is 14.2 Å². The zero-order valence-electron chi connectivity index (χ0n) is 12.8. The molecule has 0 saturated carbocycles. The second-order valence-electron chi connectivity index (χ2n) is 4.53. The molecule has 0 fully saturated rings. The summed E-state index contributed by atoms with van der Waals surface area (Å²) in [6, 6.07) is 5.53. The monoisotopic (exact) mass is 291 g/mol. The fraction of sp³-hybridized carbons (Fsp3) is 0.467. The van der Waals surface area contributed by atoms with Gasteiger partial charge in [0.25, 0.3) is 5.89 Å². The van der Waals surface area contributed by atoms with Crippen LogP contribution in [0.2, 0.25) is 0 Å². The average Bonchev–Trinajstić information content (AvgIpc) is 3.01. The normalized spacial score (nSPS) is 12.2. The van der Waals surface area contributed by atoms with Gasteiger partial charge in [-0.3, -0.25) is 0 Å². The highest BCUT2D eigenvalue weighted by Gasteiger charge is 2.19. The Bertz CT molecular complexity index is 583. The molecule has 1 aromatic carbocycles. The number of aromatic nitrogens is 2. The Morgan fingerprint density at radius 3 is 2.62 bits per heavy atom. The van der Waals surface area contributed by atoms with Crippen LogP contribution in [0.4, 0.5) is 0 Å². The minimum Gasteiger partial charge on any atom is -0.497 e. The summed E-state index contributed by atoms with van der Waals surface area (Å²) < 4.78 is 16.4. The summed E-state index contributed by atoms with van der Waals surface area (Å²) in [4.78, 5) is 0. The molecule has 2 aromatic rings. The van der Waals surface area contributed by atoms with Gasteiger partial charge < -0.3 is 19.2 Å². The molecule has 21 heavy (non-hydrogen) atoms. The van der Waals surface area contributed by atoms with Crippen molar-refractivity contribution in [2.24, 2.45) is 0 Å². The summed E-state index contributed by atoms with van der Waals surface area (Å²) in [6.07, 6.45) is 0.880. The number of rotatable bonds is 7. The van der Waals surface area contributed by atoms with E-state index in [9.17, 15) is 0 Å². The maximum Gasteiger partial charge on any atom is 0.251 e. The minimum absolute atomic E-state index is 0.0628. The molecule has 0 aliphatic heterocycles. The van der Waals surface area contributed by atoms with Gasteiger partial charge in [0.05, 0.1) is 25.8 Å². The first-order chi connectivity index (χ1) is 10.2. The number of nitrogens with zero attached hydrogens (tertiary/aromatic N) is 2. The molecule has 114 valence electrons. The smallest absolute Gasteiger partial charge is 0.251 e. The van der Waals surface area contributed by atoms with Crippen molar-refractivity contribution in [2.45, 2.75) is 26.3 Å². The molecule has 1 atom stereocenters. The van der Waals surface area contributed by atoms with Gasteiger partial charge in [0.2, 0.25) is 5.89 Å². The predicted molar refractivity (Wildman–Crippen MR) is 79.5 cm³/mol. The Morgan fingerprint density at radius 2 is 2.00 bits per heavy atom. The third-order valence-electron chi connectivity index (χ3n) is 3.23. The van der Waals surface area contributed by atoms with Gasteiger partial charge in [-0.1, -0.05) is 13.8 Å². The molecule has 0 radical (unpaired) electrons. The highest BCUT2D eigenvalue weighted by molar-refractivity contribution is 5.64. The van der Waals surface area contributed by atoms with Crippen LogP contribution in [-0.4, -0.2) is 31.0 Å². The van der Waals surface area contributed by atoms with E-state index in [1.807, 2.05) is 25.1 Å². The molecule has 0 amide bonds. The Kier molecular flexibility index (Phi) is 5.16. The molecule has 2 rings (SSSR count).